The number of aromatic amines is 1. The summed E-state index contributed by atoms with van der Waals surface area (Å²) in [6, 6.07) is 1.85. The average Bonchev–Trinajstić information content (AvgIpc) is 2.29. The topological polar surface area (TPSA) is 28.7 Å². The molecule has 82 valence electrons. The van der Waals surface area contributed by atoms with Crippen LogP contribution in [0.4, 0.5) is 0 Å². The second kappa shape index (κ2) is 4.88. The smallest absolute Gasteiger partial charge is 0.110 e. The van der Waals surface area contributed by atoms with E-state index >= 15 is 0 Å². The van der Waals surface area contributed by atoms with Crippen molar-refractivity contribution in [1.82, 2.24) is 9.97 Å². The van der Waals surface area contributed by atoms with Crippen LogP contribution in [-0.4, -0.2) is 9.97 Å². The summed E-state index contributed by atoms with van der Waals surface area (Å²) in [5.74, 6) is 2.58. The van der Waals surface area contributed by atoms with Crippen molar-refractivity contribution in [3.8, 4) is 0 Å². The van der Waals surface area contributed by atoms with Crippen LogP contribution in [0, 0.1) is 10.6 Å². The highest BCUT2D eigenvalue weighted by atomic mass is 32.1. The molecule has 3 heteroatoms. The van der Waals surface area contributed by atoms with Gasteiger partial charge in [0.05, 0.1) is 0 Å². The van der Waals surface area contributed by atoms with Crippen molar-refractivity contribution in [1.29, 1.82) is 0 Å². The van der Waals surface area contributed by atoms with Crippen LogP contribution in [0.5, 0.6) is 0 Å². The molecule has 1 N–H and O–H groups in total. The summed E-state index contributed by atoms with van der Waals surface area (Å²) < 4.78 is 0.804. The Morgan fingerprint density at radius 1 is 1.53 bits per heavy atom. The lowest BCUT2D eigenvalue weighted by Crippen LogP contribution is -2.15. The van der Waals surface area contributed by atoms with Crippen LogP contribution >= 0.6 is 12.2 Å². The summed E-state index contributed by atoms with van der Waals surface area (Å²) in [6.45, 7) is 2.29. The number of hydrogen-bond donors (Lipinski definition) is 1. The molecule has 1 fully saturated rings. The second-order valence-corrected chi connectivity index (χ2v) is 4.90. The van der Waals surface area contributed by atoms with Crippen molar-refractivity contribution in [2.45, 2.75) is 44.9 Å². The molecule has 15 heavy (non-hydrogen) atoms. The van der Waals surface area contributed by atoms with E-state index in [1.54, 1.807) is 0 Å². The standard InChI is InChI=1S/C12H18N2S/c1-2-9-4-3-5-10(8-9)12-13-7-6-11(15)14-12/h6-7,9-10H,2-5,8H2,1H3,(H,13,14,15). The minimum atomic E-state index is 0.603. The van der Waals surface area contributed by atoms with Crippen molar-refractivity contribution in [3.05, 3.63) is 22.7 Å². The maximum absolute atomic E-state index is 5.13. The van der Waals surface area contributed by atoms with Gasteiger partial charge in [-0.3, -0.25) is 0 Å². The Hall–Kier alpha value is -0.700. The van der Waals surface area contributed by atoms with Crippen molar-refractivity contribution in [3.63, 3.8) is 0 Å². The van der Waals surface area contributed by atoms with E-state index in [9.17, 15) is 0 Å². The summed E-state index contributed by atoms with van der Waals surface area (Å²) in [6.07, 6.45) is 8.38. The van der Waals surface area contributed by atoms with Crippen molar-refractivity contribution in [2.24, 2.45) is 5.92 Å². The van der Waals surface area contributed by atoms with Gasteiger partial charge in [-0.15, -0.1) is 0 Å². The maximum Gasteiger partial charge on any atom is 0.110 e. The Morgan fingerprint density at radius 3 is 3.13 bits per heavy atom. The predicted octanol–water partition coefficient (Wildman–Crippen LogP) is 3.82. The fourth-order valence-electron chi connectivity index (χ4n) is 2.50. The van der Waals surface area contributed by atoms with Crippen LogP contribution in [0.2, 0.25) is 0 Å². The van der Waals surface area contributed by atoms with E-state index in [2.05, 4.69) is 16.9 Å². The maximum atomic E-state index is 5.13. The Bertz CT molecular complexity index is 372. The zero-order chi connectivity index (χ0) is 10.7. The molecule has 1 saturated carbocycles. The van der Waals surface area contributed by atoms with E-state index in [4.69, 9.17) is 12.2 Å². The van der Waals surface area contributed by atoms with E-state index in [1.807, 2.05) is 12.3 Å². The molecule has 0 bridgehead atoms. The van der Waals surface area contributed by atoms with Crippen LogP contribution in [-0.2, 0) is 0 Å². The van der Waals surface area contributed by atoms with Gasteiger partial charge in [0.1, 0.15) is 10.5 Å². The molecule has 2 unspecified atom stereocenters. The summed E-state index contributed by atoms with van der Waals surface area (Å²) >= 11 is 5.13. The summed E-state index contributed by atoms with van der Waals surface area (Å²) in [5, 5.41) is 0. The Balaban J connectivity index is 2.13. The van der Waals surface area contributed by atoms with Gasteiger partial charge in [0.2, 0.25) is 0 Å². The predicted molar refractivity (Wildman–Crippen MR) is 64.4 cm³/mol. The highest BCUT2D eigenvalue weighted by molar-refractivity contribution is 7.71. The number of hydrogen-bond acceptors (Lipinski definition) is 2. The molecule has 1 aliphatic rings. The van der Waals surface area contributed by atoms with E-state index in [1.165, 1.54) is 32.1 Å². The molecular weight excluding hydrogens is 204 g/mol. The molecule has 2 rings (SSSR count). The normalized spacial score (nSPS) is 26.5. The van der Waals surface area contributed by atoms with Crippen molar-refractivity contribution >= 4 is 12.2 Å². The van der Waals surface area contributed by atoms with Crippen molar-refractivity contribution < 1.29 is 0 Å². The van der Waals surface area contributed by atoms with E-state index < -0.39 is 0 Å². The van der Waals surface area contributed by atoms with Gasteiger partial charge >= 0.3 is 0 Å². The number of aromatic nitrogens is 2. The fraction of sp³-hybridized carbons (Fsp3) is 0.667. The first-order valence-corrected chi connectivity index (χ1v) is 6.25. The first-order chi connectivity index (χ1) is 7.29. The third-order valence-corrected chi connectivity index (χ3v) is 3.68. The van der Waals surface area contributed by atoms with Gasteiger partial charge in [-0.05, 0) is 24.8 Å². The number of nitrogens with zero attached hydrogens (tertiary/aromatic N) is 1. The molecule has 0 amide bonds. The molecule has 1 aromatic rings. The molecular formula is C12H18N2S. The highest BCUT2D eigenvalue weighted by Gasteiger charge is 2.23. The highest BCUT2D eigenvalue weighted by Crippen LogP contribution is 2.35. The molecule has 0 spiro atoms. The van der Waals surface area contributed by atoms with Crippen LogP contribution in [0.25, 0.3) is 0 Å². The molecule has 1 heterocycles. The quantitative estimate of drug-likeness (QED) is 0.771. The lowest BCUT2D eigenvalue weighted by molar-refractivity contribution is 0.307. The first-order valence-electron chi connectivity index (χ1n) is 5.84. The van der Waals surface area contributed by atoms with E-state index in [0.717, 1.165) is 16.4 Å². The number of rotatable bonds is 2. The lowest BCUT2D eigenvalue weighted by Gasteiger charge is -2.27. The number of H-pyrrole nitrogens is 1. The van der Waals surface area contributed by atoms with Gasteiger partial charge in [0, 0.05) is 12.1 Å². The Labute approximate surface area is 96.1 Å². The first kappa shape index (κ1) is 10.8. The molecule has 0 aromatic carbocycles. The van der Waals surface area contributed by atoms with Gasteiger partial charge in [-0.2, -0.15) is 0 Å². The summed E-state index contributed by atoms with van der Waals surface area (Å²) in [4.78, 5) is 7.64. The molecule has 2 nitrogen and oxygen atoms in total. The van der Waals surface area contributed by atoms with E-state index in [-0.39, 0.29) is 0 Å². The third-order valence-electron chi connectivity index (χ3n) is 3.44. The molecule has 0 saturated heterocycles. The molecule has 2 atom stereocenters. The van der Waals surface area contributed by atoms with Crippen molar-refractivity contribution in [2.75, 3.05) is 0 Å². The molecule has 0 radical (unpaired) electrons. The molecule has 0 aliphatic heterocycles. The summed E-state index contributed by atoms with van der Waals surface area (Å²) in [5.41, 5.74) is 0. The Morgan fingerprint density at radius 2 is 2.40 bits per heavy atom. The molecule has 1 aromatic heterocycles. The monoisotopic (exact) mass is 222 g/mol. The summed E-state index contributed by atoms with van der Waals surface area (Å²) in [7, 11) is 0. The zero-order valence-corrected chi connectivity index (χ0v) is 10.0. The minimum Gasteiger partial charge on any atom is -0.335 e. The van der Waals surface area contributed by atoms with Gasteiger partial charge in [-0.1, -0.05) is 38.4 Å². The van der Waals surface area contributed by atoms with Gasteiger partial charge < -0.3 is 4.98 Å². The fourth-order valence-corrected chi connectivity index (χ4v) is 2.67. The average molecular weight is 222 g/mol. The largest absolute Gasteiger partial charge is 0.335 e. The zero-order valence-electron chi connectivity index (χ0n) is 9.20. The molecule has 1 aliphatic carbocycles. The van der Waals surface area contributed by atoms with Crippen LogP contribution in [0.15, 0.2) is 12.3 Å². The second-order valence-electron chi connectivity index (χ2n) is 4.46. The van der Waals surface area contributed by atoms with Crippen LogP contribution in [0.1, 0.15) is 50.8 Å². The SMILES string of the molecule is CCC1CCCC(c2nccc(=S)[nH]2)C1. The van der Waals surface area contributed by atoms with Crippen LogP contribution < -0.4 is 0 Å². The van der Waals surface area contributed by atoms with Gasteiger partial charge in [0.15, 0.2) is 0 Å². The minimum absolute atomic E-state index is 0.603. The van der Waals surface area contributed by atoms with Gasteiger partial charge in [-0.25, -0.2) is 4.98 Å². The third kappa shape index (κ3) is 2.65. The number of nitrogens with one attached hydrogen (secondary N) is 1. The van der Waals surface area contributed by atoms with E-state index in [0.29, 0.717) is 5.92 Å². The lowest BCUT2D eigenvalue weighted by atomic mass is 9.80. The Kier molecular flexibility index (Phi) is 3.52. The van der Waals surface area contributed by atoms with Crippen LogP contribution in [0.3, 0.4) is 0 Å². The van der Waals surface area contributed by atoms with Gasteiger partial charge in [0.25, 0.3) is 0 Å².